The quantitative estimate of drug-likeness (QED) is 0.158. The lowest BCUT2D eigenvalue weighted by atomic mass is 10.1. The van der Waals surface area contributed by atoms with Crippen molar-refractivity contribution in [1.29, 1.82) is 0 Å². The summed E-state index contributed by atoms with van der Waals surface area (Å²) in [7, 11) is 0. The first-order valence-electron chi connectivity index (χ1n) is 12.5. The maximum atomic E-state index is 13.3. The molecule has 0 aliphatic rings. The molecule has 0 aliphatic carbocycles. The number of benzene rings is 2. The minimum absolute atomic E-state index is 0.0453. The van der Waals surface area contributed by atoms with Gasteiger partial charge in [0.2, 0.25) is 0 Å². The molecule has 0 N–H and O–H groups in total. The molecule has 194 valence electrons. The molecule has 0 amide bonds. The number of aryl methyl sites for hydroxylation is 1. The maximum Gasteiger partial charge on any atom is 0.191 e. The molecule has 4 aromatic rings. The monoisotopic (exact) mass is 520 g/mol. The van der Waals surface area contributed by atoms with Gasteiger partial charge in [0.1, 0.15) is 18.2 Å². The molecule has 2 aromatic carbocycles. The summed E-state index contributed by atoms with van der Waals surface area (Å²) in [6.45, 7) is 9.98. The number of Topliss-reactive ketones (excluding diaryl/α,β-unsaturated/α-hetero) is 1. The van der Waals surface area contributed by atoms with Gasteiger partial charge in [-0.05, 0) is 62.1 Å². The fraction of sp³-hybridized carbons (Fsp3) is 0.345. The number of nitrogens with zero attached hydrogens (tertiary/aromatic N) is 4. The highest BCUT2D eigenvalue weighted by Gasteiger charge is 2.19. The van der Waals surface area contributed by atoms with E-state index in [2.05, 4.69) is 33.2 Å². The first-order chi connectivity index (χ1) is 17.8. The Morgan fingerprint density at radius 2 is 1.76 bits per heavy atom. The van der Waals surface area contributed by atoms with Crippen molar-refractivity contribution in [2.75, 3.05) is 5.75 Å². The summed E-state index contributed by atoms with van der Waals surface area (Å²) in [5.41, 5.74) is 3.59. The van der Waals surface area contributed by atoms with Gasteiger partial charge in [0.15, 0.2) is 16.8 Å². The van der Waals surface area contributed by atoms with E-state index in [0.717, 1.165) is 46.6 Å². The summed E-state index contributed by atoms with van der Waals surface area (Å²) >= 11 is 1.41. The van der Waals surface area contributed by atoms with Crippen LogP contribution in [0.15, 0.2) is 65.8 Å². The Morgan fingerprint density at radius 1 is 1.03 bits per heavy atom. The molecule has 37 heavy (non-hydrogen) atoms. The number of hydrogen-bond acceptors (Lipinski definition) is 5. The van der Waals surface area contributed by atoms with Gasteiger partial charge in [-0.1, -0.05) is 55.9 Å². The second-order valence-electron chi connectivity index (χ2n) is 9.54. The third-order valence-electron chi connectivity index (χ3n) is 6.30. The second-order valence-corrected chi connectivity index (χ2v) is 10.5. The molecule has 0 fully saturated rings. The number of rotatable bonds is 12. The van der Waals surface area contributed by atoms with E-state index in [1.807, 2.05) is 50.2 Å². The highest BCUT2D eigenvalue weighted by Crippen LogP contribution is 2.24. The van der Waals surface area contributed by atoms with E-state index in [9.17, 15) is 9.18 Å². The predicted molar refractivity (Wildman–Crippen MR) is 145 cm³/mol. The first kappa shape index (κ1) is 26.7. The Hall–Kier alpha value is -3.39. The fourth-order valence-corrected chi connectivity index (χ4v) is 4.98. The molecule has 0 bridgehead atoms. The van der Waals surface area contributed by atoms with Gasteiger partial charge in [0, 0.05) is 30.0 Å². The zero-order chi connectivity index (χ0) is 26.4. The predicted octanol–water partition coefficient (Wildman–Crippen LogP) is 6.48. The van der Waals surface area contributed by atoms with Crippen molar-refractivity contribution in [1.82, 2.24) is 19.3 Å². The number of aromatic nitrogens is 4. The average molecular weight is 521 g/mol. The molecule has 2 heterocycles. The molecular weight excluding hydrogens is 487 g/mol. The fourth-order valence-electron chi connectivity index (χ4n) is 4.12. The molecule has 4 rings (SSSR count). The lowest BCUT2D eigenvalue weighted by Crippen LogP contribution is -2.11. The number of ketones is 1. The van der Waals surface area contributed by atoms with E-state index in [1.165, 1.54) is 23.9 Å². The van der Waals surface area contributed by atoms with Crippen molar-refractivity contribution in [2.45, 2.75) is 59.0 Å². The van der Waals surface area contributed by atoms with Gasteiger partial charge in [0.05, 0.1) is 5.75 Å². The molecule has 0 radical (unpaired) electrons. The number of ether oxygens (including phenoxy) is 1. The molecule has 2 aromatic heterocycles. The number of para-hydroxylation sites is 1. The Morgan fingerprint density at radius 3 is 2.46 bits per heavy atom. The highest BCUT2D eigenvalue weighted by atomic mass is 32.2. The van der Waals surface area contributed by atoms with Crippen molar-refractivity contribution >= 4 is 17.5 Å². The van der Waals surface area contributed by atoms with Crippen LogP contribution in [0.2, 0.25) is 0 Å². The van der Waals surface area contributed by atoms with Gasteiger partial charge in [-0.3, -0.25) is 4.79 Å². The smallest absolute Gasteiger partial charge is 0.191 e. The topological polar surface area (TPSA) is 61.9 Å². The lowest BCUT2D eigenvalue weighted by molar-refractivity contribution is 0.102. The minimum atomic E-state index is -0.256. The van der Waals surface area contributed by atoms with Crippen molar-refractivity contribution < 1.29 is 13.9 Å². The number of carbonyl (C=O) groups excluding carboxylic acids is 1. The Kier molecular flexibility index (Phi) is 8.82. The average Bonchev–Trinajstić information content (AvgIpc) is 3.41. The summed E-state index contributed by atoms with van der Waals surface area (Å²) in [6.07, 6.45) is 0.975. The summed E-state index contributed by atoms with van der Waals surface area (Å²) in [5.74, 6) is 2.10. The van der Waals surface area contributed by atoms with Crippen molar-refractivity contribution in [3.8, 4) is 5.75 Å². The zero-order valence-electron chi connectivity index (χ0n) is 21.8. The van der Waals surface area contributed by atoms with E-state index in [4.69, 9.17) is 4.74 Å². The number of halogens is 1. The zero-order valence-corrected chi connectivity index (χ0v) is 22.6. The van der Waals surface area contributed by atoms with Gasteiger partial charge in [-0.15, -0.1) is 10.2 Å². The van der Waals surface area contributed by atoms with E-state index in [0.29, 0.717) is 24.6 Å². The van der Waals surface area contributed by atoms with Gasteiger partial charge < -0.3 is 13.9 Å². The van der Waals surface area contributed by atoms with E-state index < -0.39 is 0 Å². The van der Waals surface area contributed by atoms with Crippen LogP contribution in [0.4, 0.5) is 4.39 Å². The van der Waals surface area contributed by atoms with Gasteiger partial charge in [-0.25, -0.2) is 4.39 Å². The second kappa shape index (κ2) is 12.2. The molecule has 0 unspecified atom stereocenters. The first-order valence-corrected chi connectivity index (χ1v) is 13.5. The standard InChI is InChI=1S/C29H33FN4O2S/c1-20(2)14-15-33-28(18-36-25-8-6-5-7-9-25)31-32-29(33)37-19-27(35)26-16-21(3)34(22(26)4)17-23-10-12-24(30)13-11-23/h5-13,16,20H,14-15,17-19H2,1-4H3. The lowest BCUT2D eigenvalue weighted by Gasteiger charge is -2.12. The van der Waals surface area contributed by atoms with Crippen molar-refractivity contribution in [3.63, 3.8) is 0 Å². The summed E-state index contributed by atoms with van der Waals surface area (Å²) < 4.78 is 23.4. The molecule has 6 nitrogen and oxygen atoms in total. The van der Waals surface area contributed by atoms with E-state index >= 15 is 0 Å². The SMILES string of the molecule is Cc1cc(C(=O)CSc2nnc(COc3ccccc3)n2CCC(C)C)c(C)n1Cc1ccc(F)cc1. The van der Waals surface area contributed by atoms with Gasteiger partial charge in [-0.2, -0.15) is 0 Å². The summed E-state index contributed by atoms with van der Waals surface area (Å²) in [5, 5.41) is 9.48. The van der Waals surface area contributed by atoms with Crippen LogP contribution >= 0.6 is 11.8 Å². The minimum Gasteiger partial charge on any atom is -0.486 e. The number of carbonyl (C=O) groups is 1. The molecule has 8 heteroatoms. The Balaban J connectivity index is 1.45. The van der Waals surface area contributed by atoms with Crippen LogP contribution in [0.5, 0.6) is 5.75 Å². The maximum absolute atomic E-state index is 13.3. The van der Waals surface area contributed by atoms with E-state index in [-0.39, 0.29) is 17.4 Å². The number of hydrogen-bond donors (Lipinski definition) is 0. The Labute approximate surface area is 221 Å². The van der Waals surface area contributed by atoms with Gasteiger partial charge >= 0.3 is 0 Å². The van der Waals surface area contributed by atoms with Crippen molar-refractivity contribution in [3.05, 3.63) is 94.8 Å². The third kappa shape index (κ3) is 6.89. The molecule has 0 atom stereocenters. The van der Waals surface area contributed by atoms with Crippen LogP contribution in [-0.4, -0.2) is 30.9 Å². The third-order valence-corrected chi connectivity index (χ3v) is 7.26. The van der Waals surface area contributed by atoms with Crippen LogP contribution in [0.25, 0.3) is 0 Å². The van der Waals surface area contributed by atoms with E-state index in [1.54, 1.807) is 12.1 Å². The van der Waals surface area contributed by atoms with Crippen LogP contribution in [-0.2, 0) is 19.7 Å². The largest absolute Gasteiger partial charge is 0.486 e. The van der Waals surface area contributed by atoms with Crippen LogP contribution < -0.4 is 4.74 Å². The van der Waals surface area contributed by atoms with Crippen LogP contribution in [0.1, 0.15) is 53.4 Å². The molecule has 0 saturated carbocycles. The Bertz CT molecular complexity index is 1330. The molecule has 0 spiro atoms. The van der Waals surface area contributed by atoms with Gasteiger partial charge in [0.25, 0.3) is 0 Å². The highest BCUT2D eigenvalue weighted by molar-refractivity contribution is 7.99. The summed E-state index contributed by atoms with van der Waals surface area (Å²) in [6, 6.07) is 18.0. The van der Waals surface area contributed by atoms with Crippen molar-refractivity contribution in [2.24, 2.45) is 5.92 Å². The number of thioether (sulfide) groups is 1. The van der Waals surface area contributed by atoms with Crippen LogP contribution in [0, 0.1) is 25.6 Å². The summed E-state index contributed by atoms with van der Waals surface area (Å²) in [4.78, 5) is 13.2. The molecular formula is C29H33FN4O2S. The normalized spacial score (nSPS) is 11.3. The molecule has 0 saturated heterocycles. The molecule has 0 aliphatic heterocycles. The van der Waals surface area contributed by atoms with Crippen LogP contribution in [0.3, 0.4) is 0 Å².